The van der Waals surface area contributed by atoms with Gasteiger partial charge in [-0.1, -0.05) is 0 Å². The summed E-state index contributed by atoms with van der Waals surface area (Å²) in [6.07, 6.45) is -0.906. The van der Waals surface area contributed by atoms with Crippen molar-refractivity contribution in [2.75, 3.05) is 6.61 Å². The van der Waals surface area contributed by atoms with E-state index in [0.29, 0.717) is 0 Å². The van der Waals surface area contributed by atoms with Gasteiger partial charge in [0.25, 0.3) is 0 Å². The van der Waals surface area contributed by atoms with Gasteiger partial charge in [0.2, 0.25) is 0 Å². The maximum atomic E-state index is 12.1. The molecule has 5 heteroatoms. The van der Waals surface area contributed by atoms with Gasteiger partial charge in [-0.25, -0.2) is 0 Å². The summed E-state index contributed by atoms with van der Waals surface area (Å²) < 4.78 is 47.9. The van der Waals surface area contributed by atoms with Crippen molar-refractivity contribution in [1.82, 2.24) is 0 Å². The molecule has 0 amide bonds. The van der Waals surface area contributed by atoms with E-state index in [2.05, 4.69) is 0 Å². The maximum absolute atomic E-state index is 12.1. The van der Waals surface area contributed by atoms with Crippen LogP contribution in [0.3, 0.4) is 0 Å². The fraction of sp³-hybridized carbons (Fsp3) is 1.00. The van der Waals surface area contributed by atoms with E-state index in [1.807, 2.05) is 0 Å². The van der Waals surface area contributed by atoms with E-state index < -0.39 is 30.8 Å². The highest BCUT2D eigenvalue weighted by Gasteiger charge is 2.71. The molecule has 0 saturated heterocycles. The van der Waals surface area contributed by atoms with E-state index in [9.17, 15) is 17.6 Å². The zero-order valence-corrected chi connectivity index (χ0v) is 4.95. The molecular weight excluding hydrogens is 152 g/mol. The summed E-state index contributed by atoms with van der Waals surface area (Å²) in [4.78, 5) is 0. The number of alkyl halides is 4. The summed E-state index contributed by atoms with van der Waals surface area (Å²) in [6, 6.07) is 0. The molecule has 1 aliphatic carbocycles. The summed E-state index contributed by atoms with van der Waals surface area (Å²) in [5.74, 6) is -9.45. The van der Waals surface area contributed by atoms with Crippen molar-refractivity contribution in [2.45, 2.75) is 18.3 Å². The van der Waals surface area contributed by atoms with Gasteiger partial charge in [-0.3, -0.25) is 0 Å². The van der Waals surface area contributed by atoms with Crippen LogP contribution >= 0.6 is 0 Å². The minimum atomic E-state index is -4.00. The monoisotopic (exact) mass is 158 g/mol. The van der Waals surface area contributed by atoms with Crippen LogP contribution in [0.25, 0.3) is 0 Å². The summed E-state index contributed by atoms with van der Waals surface area (Å²) in [5.41, 5.74) is 0. The summed E-state index contributed by atoms with van der Waals surface area (Å²) in [7, 11) is 0. The van der Waals surface area contributed by atoms with Crippen molar-refractivity contribution in [3.8, 4) is 0 Å². The van der Waals surface area contributed by atoms with Gasteiger partial charge in [0.1, 0.15) is 0 Å². The minimum Gasteiger partial charge on any atom is -0.396 e. The van der Waals surface area contributed by atoms with Crippen LogP contribution < -0.4 is 0 Å². The highest BCUT2D eigenvalue weighted by atomic mass is 19.3. The Hall–Kier alpha value is -0.320. The Morgan fingerprint density at radius 2 is 1.80 bits per heavy atom. The average Bonchev–Trinajstić information content (AvgIpc) is 1.83. The van der Waals surface area contributed by atoms with E-state index in [1.165, 1.54) is 0 Å². The van der Waals surface area contributed by atoms with E-state index in [4.69, 9.17) is 5.11 Å². The molecule has 1 saturated carbocycles. The third kappa shape index (κ3) is 0.729. The number of aliphatic hydroxyl groups is 1. The molecule has 60 valence electrons. The standard InChI is InChI=1S/C5H6F4O/c6-4(7)1-3(2-10)5(4,8)9/h3,10H,1-2H2/t3-/m1/s1. The highest BCUT2D eigenvalue weighted by molar-refractivity contribution is 5.02. The molecule has 0 aromatic carbocycles. The number of aliphatic hydroxyl groups excluding tert-OH is 1. The van der Waals surface area contributed by atoms with E-state index >= 15 is 0 Å². The Morgan fingerprint density at radius 3 is 1.90 bits per heavy atom. The minimum absolute atomic E-state index is 0.872. The first kappa shape index (κ1) is 7.78. The average molecular weight is 158 g/mol. The first-order chi connectivity index (χ1) is 4.42. The van der Waals surface area contributed by atoms with Crippen LogP contribution in [0.2, 0.25) is 0 Å². The summed E-state index contributed by atoms with van der Waals surface area (Å²) in [5, 5.41) is 8.14. The van der Waals surface area contributed by atoms with Gasteiger partial charge in [0, 0.05) is 6.42 Å². The number of halogens is 4. The molecule has 0 aromatic rings. The maximum Gasteiger partial charge on any atom is 0.315 e. The van der Waals surface area contributed by atoms with Gasteiger partial charge >= 0.3 is 11.8 Å². The van der Waals surface area contributed by atoms with Crippen LogP contribution in [-0.4, -0.2) is 23.6 Å². The summed E-state index contributed by atoms with van der Waals surface area (Å²) in [6.45, 7) is -0.872. The number of hydrogen-bond acceptors (Lipinski definition) is 1. The van der Waals surface area contributed by atoms with Crippen molar-refractivity contribution in [1.29, 1.82) is 0 Å². The second-order valence-corrected chi connectivity index (χ2v) is 2.41. The number of rotatable bonds is 1. The highest BCUT2D eigenvalue weighted by Crippen LogP contribution is 2.54. The molecule has 0 aliphatic heterocycles. The first-order valence-electron chi connectivity index (χ1n) is 2.78. The lowest BCUT2D eigenvalue weighted by molar-refractivity contribution is -0.318. The molecule has 1 nitrogen and oxygen atoms in total. The smallest absolute Gasteiger partial charge is 0.315 e. The molecule has 0 heterocycles. The van der Waals surface area contributed by atoms with Gasteiger partial charge in [0.15, 0.2) is 0 Å². The van der Waals surface area contributed by atoms with E-state index in [0.717, 1.165) is 0 Å². The van der Waals surface area contributed by atoms with Crippen LogP contribution in [0.15, 0.2) is 0 Å². The first-order valence-corrected chi connectivity index (χ1v) is 2.78. The SMILES string of the molecule is OC[C@H]1CC(F)(F)C1(F)F. The molecular formula is C5H6F4O. The van der Waals surface area contributed by atoms with Crippen LogP contribution in [0.4, 0.5) is 17.6 Å². The lowest BCUT2D eigenvalue weighted by atomic mass is 9.77. The van der Waals surface area contributed by atoms with E-state index in [1.54, 1.807) is 0 Å². The van der Waals surface area contributed by atoms with Gasteiger partial charge in [-0.15, -0.1) is 0 Å². The fourth-order valence-corrected chi connectivity index (χ4v) is 0.920. The lowest BCUT2D eigenvalue weighted by Gasteiger charge is -2.42. The zero-order valence-electron chi connectivity index (χ0n) is 4.95. The second kappa shape index (κ2) is 1.84. The number of hydrogen-bond donors (Lipinski definition) is 1. The van der Waals surface area contributed by atoms with Crippen LogP contribution in [0, 0.1) is 5.92 Å². The van der Waals surface area contributed by atoms with Crippen LogP contribution in [0.5, 0.6) is 0 Å². The van der Waals surface area contributed by atoms with Crippen molar-refractivity contribution in [2.24, 2.45) is 5.92 Å². The van der Waals surface area contributed by atoms with Crippen LogP contribution in [0.1, 0.15) is 6.42 Å². The molecule has 0 aromatic heterocycles. The molecule has 0 bridgehead atoms. The Morgan fingerprint density at radius 1 is 1.30 bits per heavy atom. The molecule has 0 unspecified atom stereocenters. The van der Waals surface area contributed by atoms with Gasteiger partial charge in [0.05, 0.1) is 12.5 Å². The Balaban J connectivity index is 2.65. The molecule has 1 fully saturated rings. The summed E-state index contributed by atoms with van der Waals surface area (Å²) >= 11 is 0. The van der Waals surface area contributed by atoms with Crippen molar-refractivity contribution < 1.29 is 22.7 Å². The molecule has 0 spiro atoms. The van der Waals surface area contributed by atoms with Crippen molar-refractivity contribution in [3.63, 3.8) is 0 Å². The molecule has 10 heavy (non-hydrogen) atoms. The molecule has 1 rings (SSSR count). The van der Waals surface area contributed by atoms with Crippen molar-refractivity contribution >= 4 is 0 Å². The molecule has 1 aliphatic rings. The molecule has 0 radical (unpaired) electrons. The third-order valence-electron chi connectivity index (χ3n) is 1.72. The largest absolute Gasteiger partial charge is 0.396 e. The molecule has 1 atom stereocenters. The van der Waals surface area contributed by atoms with Gasteiger partial charge in [-0.2, -0.15) is 17.6 Å². The normalized spacial score (nSPS) is 35.1. The fourth-order valence-electron chi connectivity index (χ4n) is 0.920. The Kier molecular flexibility index (Phi) is 1.43. The van der Waals surface area contributed by atoms with Gasteiger partial charge in [-0.05, 0) is 0 Å². The van der Waals surface area contributed by atoms with E-state index in [-0.39, 0.29) is 0 Å². The van der Waals surface area contributed by atoms with Crippen LogP contribution in [-0.2, 0) is 0 Å². The Bertz CT molecular complexity index is 145. The third-order valence-corrected chi connectivity index (χ3v) is 1.72. The predicted octanol–water partition coefficient (Wildman–Crippen LogP) is 1.27. The second-order valence-electron chi connectivity index (χ2n) is 2.41. The quantitative estimate of drug-likeness (QED) is 0.569. The van der Waals surface area contributed by atoms with Gasteiger partial charge < -0.3 is 5.11 Å². The van der Waals surface area contributed by atoms with Crippen molar-refractivity contribution in [3.05, 3.63) is 0 Å². The predicted molar refractivity (Wildman–Crippen MR) is 25.1 cm³/mol. The lowest BCUT2D eigenvalue weighted by Crippen LogP contribution is -2.59. The topological polar surface area (TPSA) is 20.2 Å². The zero-order chi connectivity index (χ0) is 7.99. The Labute approximate surface area is 54.6 Å². The molecule has 1 N–H and O–H groups in total.